The van der Waals surface area contributed by atoms with Gasteiger partial charge in [-0.25, -0.2) is 0 Å². The van der Waals surface area contributed by atoms with E-state index in [2.05, 4.69) is 54.7 Å². The van der Waals surface area contributed by atoms with Crippen molar-refractivity contribution in [3.05, 3.63) is 47.3 Å². The summed E-state index contributed by atoms with van der Waals surface area (Å²) in [6, 6.07) is 8.45. The van der Waals surface area contributed by atoms with Gasteiger partial charge in [-0.05, 0) is 25.5 Å². The predicted octanol–water partition coefficient (Wildman–Crippen LogP) is 2.90. The SMILES string of the molecule is CCc1nn(C)cc1CNc1ccc(C)cc1. The second-order valence-electron chi connectivity index (χ2n) is 4.35. The zero-order valence-corrected chi connectivity index (χ0v) is 10.7. The van der Waals surface area contributed by atoms with E-state index in [1.807, 2.05) is 11.7 Å². The first-order valence-electron chi connectivity index (χ1n) is 6.01. The van der Waals surface area contributed by atoms with E-state index >= 15 is 0 Å². The summed E-state index contributed by atoms with van der Waals surface area (Å²) < 4.78 is 1.88. The molecule has 0 saturated heterocycles. The maximum Gasteiger partial charge on any atom is 0.0671 e. The highest BCUT2D eigenvalue weighted by atomic mass is 15.3. The minimum Gasteiger partial charge on any atom is -0.381 e. The summed E-state index contributed by atoms with van der Waals surface area (Å²) in [7, 11) is 1.97. The Balaban J connectivity index is 2.04. The van der Waals surface area contributed by atoms with Crippen molar-refractivity contribution in [3.63, 3.8) is 0 Å². The number of anilines is 1. The quantitative estimate of drug-likeness (QED) is 0.873. The van der Waals surface area contributed by atoms with Crippen molar-refractivity contribution in [2.45, 2.75) is 26.8 Å². The third-order valence-corrected chi connectivity index (χ3v) is 2.86. The van der Waals surface area contributed by atoms with Crippen molar-refractivity contribution in [3.8, 4) is 0 Å². The molecule has 0 aliphatic carbocycles. The average molecular weight is 229 g/mol. The zero-order valence-electron chi connectivity index (χ0n) is 10.7. The Morgan fingerprint density at radius 2 is 1.94 bits per heavy atom. The van der Waals surface area contributed by atoms with Gasteiger partial charge in [-0.15, -0.1) is 0 Å². The zero-order chi connectivity index (χ0) is 12.3. The summed E-state index contributed by atoms with van der Waals surface area (Å²) in [5.41, 5.74) is 4.88. The van der Waals surface area contributed by atoms with Gasteiger partial charge in [0.05, 0.1) is 5.69 Å². The van der Waals surface area contributed by atoms with Gasteiger partial charge in [-0.3, -0.25) is 4.68 Å². The first-order chi connectivity index (χ1) is 8.19. The molecule has 0 bridgehead atoms. The summed E-state index contributed by atoms with van der Waals surface area (Å²) in [6.07, 6.45) is 3.06. The lowest BCUT2D eigenvalue weighted by Crippen LogP contribution is -2.00. The maximum absolute atomic E-state index is 4.43. The Labute approximate surface area is 102 Å². The smallest absolute Gasteiger partial charge is 0.0671 e. The van der Waals surface area contributed by atoms with Crippen LogP contribution >= 0.6 is 0 Å². The molecule has 0 fully saturated rings. The van der Waals surface area contributed by atoms with E-state index in [9.17, 15) is 0 Å². The van der Waals surface area contributed by atoms with Crippen LogP contribution in [0.3, 0.4) is 0 Å². The van der Waals surface area contributed by atoms with E-state index in [1.54, 1.807) is 0 Å². The van der Waals surface area contributed by atoms with Crippen molar-refractivity contribution in [1.29, 1.82) is 0 Å². The molecule has 0 aliphatic heterocycles. The Bertz CT molecular complexity index is 483. The second kappa shape index (κ2) is 5.04. The van der Waals surface area contributed by atoms with Crippen LogP contribution in [0.2, 0.25) is 0 Å². The number of nitrogens with one attached hydrogen (secondary N) is 1. The van der Waals surface area contributed by atoms with Crippen LogP contribution in [0.5, 0.6) is 0 Å². The number of rotatable bonds is 4. The number of aromatic nitrogens is 2. The molecular weight excluding hydrogens is 210 g/mol. The molecule has 0 radical (unpaired) electrons. The van der Waals surface area contributed by atoms with Gasteiger partial charge in [0.25, 0.3) is 0 Å². The minimum atomic E-state index is 0.833. The lowest BCUT2D eigenvalue weighted by Gasteiger charge is -2.06. The van der Waals surface area contributed by atoms with Crippen LogP contribution < -0.4 is 5.32 Å². The largest absolute Gasteiger partial charge is 0.381 e. The molecule has 0 saturated carbocycles. The average Bonchev–Trinajstić information content (AvgIpc) is 2.69. The molecule has 0 spiro atoms. The molecule has 0 amide bonds. The number of benzene rings is 1. The molecule has 2 aromatic rings. The van der Waals surface area contributed by atoms with Gasteiger partial charge in [0.1, 0.15) is 0 Å². The van der Waals surface area contributed by atoms with E-state index in [0.717, 1.165) is 18.7 Å². The molecule has 0 unspecified atom stereocenters. The molecule has 2 rings (SSSR count). The third-order valence-electron chi connectivity index (χ3n) is 2.86. The summed E-state index contributed by atoms with van der Waals surface area (Å²) >= 11 is 0. The molecule has 1 N–H and O–H groups in total. The monoisotopic (exact) mass is 229 g/mol. The Kier molecular flexibility index (Phi) is 3.47. The first-order valence-corrected chi connectivity index (χ1v) is 6.01. The maximum atomic E-state index is 4.43. The summed E-state index contributed by atoms with van der Waals surface area (Å²) in [5, 5.41) is 7.86. The fourth-order valence-electron chi connectivity index (χ4n) is 1.90. The second-order valence-corrected chi connectivity index (χ2v) is 4.35. The van der Waals surface area contributed by atoms with Gasteiger partial charge < -0.3 is 5.32 Å². The van der Waals surface area contributed by atoms with Crippen LogP contribution in [0.25, 0.3) is 0 Å². The van der Waals surface area contributed by atoms with Gasteiger partial charge in [-0.2, -0.15) is 5.10 Å². The van der Waals surface area contributed by atoms with Crippen LogP contribution in [0, 0.1) is 6.92 Å². The highest BCUT2D eigenvalue weighted by Gasteiger charge is 2.04. The normalized spacial score (nSPS) is 10.5. The van der Waals surface area contributed by atoms with Gasteiger partial charge in [0.2, 0.25) is 0 Å². The van der Waals surface area contributed by atoms with Crippen LogP contribution in [0.1, 0.15) is 23.7 Å². The number of hydrogen-bond donors (Lipinski definition) is 1. The molecule has 0 atom stereocenters. The van der Waals surface area contributed by atoms with Gasteiger partial charge in [-0.1, -0.05) is 24.6 Å². The highest BCUT2D eigenvalue weighted by Crippen LogP contribution is 2.12. The molecule has 0 aliphatic rings. The fraction of sp³-hybridized carbons (Fsp3) is 0.357. The van der Waals surface area contributed by atoms with Crippen molar-refractivity contribution < 1.29 is 0 Å². The molecule has 1 aromatic carbocycles. The predicted molar refractivity (Wildman–Crippen MR) is 71.1 cm³/mol. The Morgan fingerprint density at radius 3 is 2.59 bits per heavy atom. The van der Waals surface area contributed by atoms with E-state index in [0.29, 0.717) is 0 Å². The molecule has 90 valence electrons. The van der Waals surface area contributed by atoms with Crippen LogP contribution in [0.4, 0.5) is 5.69 Å². The van der Waals surface area contributed by atoms with Crippen molar-refractivity contribution in [1.82, 2.24) is 9.78 Å². The number of hydrogen-bond acceptors (Lipinski definition) is 2. The standard InChI is InChI=1S/C14H19N3/c1-4-14-12(10-17(3)16-14)9-15-13-7-5-11(2)6-8-13/h5-8,10,15H,4,9H2,1-3H3. The third kappa shape index (κ3) is 2.87. The molecule has 1 heterocycles. The first kappa shape index (κ1) is 11.7. The van der Waals surface area contributed by atoms with Gasteiger partial charge in [0, 0.05) is 31.0 Å². The van der Waals surface area contributed by atoms with Crippen molar-refractivity contribution in [2.75, 3.05) is 5.32 Å². The van der Waals surface area contributed by atoms with E-state index in [-0.39, 0.29) is 0 Å². The lowest BCUT2D eigenvalue weighted by molar-refractivity contribution is 0.746. The molecule has 1 aromatic heterocycles. The van der Waals surface area contributed by atoms with Crippen molar-refractivity contribution >= 4 is 5.69 Å². The Hall–Kier alpha value is -1.77. The van der Waals surface area contributed by atoms with Crippen LogP contribution in [-0.4, -0.2) is 9.78 Å². The van der Waals surface area contributed by atoms with E-state index < -0.39 is 0 Å². The van der Waals surface area contributed by atoms with Crippen molar-refractivity contribution in [2.24, 2.45) is 7.05 Å². The molecule has 17 heavy (non-hydrogen) atoms. The minimum absolute atomic E-state index is 0.833. The highest BCUT2D eigenvalue weighted by molar-refractivity contribution is 5.45. The molecule has 3 nitrogen and oxygen atoms in total. The van der Waals surface area contributed by atoms with Gasteiger partial charge >= 0.3 is 0 Å². The number of nitrogens with zero attached hydrogens (tertiary/aromatic N) is 2. The topological polar surface area (TPSA) is 29.9 Å². The van der Waals surface area contributed by atoms with Crippen LogP contribution in [-0.2, 0) is 20.0 Å². The molecular formula is C14H19N3. The van der Waals surface area contributed by atoms with Crippen LogP contribution in [0.15, 0.2) is 30.5 Å². The lowest BCUT2D eigenvalue weighted by atomic mass is 10.2. The number of aryl methyl sites for hydroxylation is 3. The Morgan fingerprint density at radius 1 is 1.24 bits per heavy atom. The summed E-state index contributed by atoms with van der Waals surface area (Å²) in [4.78, 5) is 0. The summed E-state index contributed by atoms with van der Waals surface area (Å²) in [5.74, 6) is 0. The van der Waals surface area contributed by atoms with E-state index in [4.69, 9.17) is 0 Å². The summed E-state index contributed by atoms with van der Waals surface area (Å²) in [6.45, 7) is 5.07. The fourth-order valence-corrected chi connectivity index (χ4v) is 1.90. The molecule has 3 heteroatoms. The van der Waals surface area contributed by atoms with Gasteiger partial charge in [0.15, 0.2) is 0 Å². The van der Waals surface area contributed by atoms with E-state index in [1.165, 1.54) is 16.8 Å².